The van der Waals surface area contributed by atoms with E-state index < -0.39 is 14.5 Å². The summed E-state index contributed by atoms with van der Waals surface area (Å²) in [5.74, 6) is 0. The summed E-state index contributed by atoms with van der Waals surface area (Å²) in [7, 11) is -1.38. The molecule has 0 radical (unpaired) electrons. The van der Waals surface area contributed by atoms with Crippen molar-refractivity contribution in [3.8, 4) is 0 Å². The molecule has 0 aliphatic rings. The van der Waals surface area contributed by atoms with E-state index in [1.807, 2.05) is 19.1 Å². The minimum Gasteiger partial charge on any atom is -0.251 e. The number of hydrogen-bond acceptors (Lipinski definition) is 1. The molecule has 0 saturated carbocycles. The lowest BCUT2D eigenvalue weighted by Gasteiger charge is -2.12. The highest BCUT2D eigenvalue weighted by Gasteiger charge is 2.26. The van der Waals surface area contributed by atoms with Crippen LogP contribution in [0.3, 0.4) is 0 Å². The van der Waals surface area contributed by atoms with Gasteiger partial charge in [0.05, 0.1) is 10.8 Å². The summed E-state index contributed by atoms with van der Waals surface area (Å²) in [6.45, 7) is 3.49. The molecule has 0 spiro atoms. The second-order valence-corrected chi connectivity index (χ2v) is 6.87. The first-order valence-corrected chi connectivity index (χ1v) is 5.68. The van der Waals surface area contributed by atoms with Gasteiger partial charge < -0.3 is 0 Å². The molecule has 1 atom stereocenters. The number of alkyl halides is 2. The lowest BCUT2D eigenvalue weighted by atomic mass is 10.2. The van der Waals surface area contributed by atoms with Gasteiger partial charge in [-0.3, -0.25) is 4.21 Å². The molecule has 13 heavy (non-hydrogen) atoms. The summed E-state index contributed by atoms with van der Waals surface area (Å²) in [5.41, 5.74) is 1.12. The molecule has 0 heterocycles. The molecular formula is C9H10Cl2OS. The van der Waals surface area contributed by atoms with E-state index in [4.69, 9.17) is 23.2 Å². The molecule has 1 aromatic carbocycles. The second kappa shape index (κ2) is 3.99. The molecule has 0 bridgehead atoms. The Hall–Kier alpha value is -0.0500. The SMILES string of the molecule is Cc1ccc([S@](=O)C(C)(Cl)Cl)cc1. The van der Waals surface area contributed by atoms with E-state index in [0.717, 1.165) is 5.56 Å². The number of hydrogen-bond donors (Lipinski definition) is 0. The Morgan fingerprint density at radius 1 is 1.23 bits per heavy atom. The average Bonchev–Trinajstić information content (AvgIpc) is 2.03. The van der Waals surface area contributed by atoms with Crippen molar-refractivity contribution < 1.29 is 4.21 Å². The molecule has 0 amide bonds. The van der Waals surface area contributed by atoms with E-state index in [1.165, 1.54) is 6.92 Å². The summed E-state index contributed by atoms with van der Waals surface area (Å²) in [4.78, 5) is 0.651. The highest BCUT2D eigenvalue weighted by molar-refractivity contribution is 7.89. The van der Waals surface area contributed by atoms with Crippen LogP contribution in [0.5, 0.6) is 0 Å². The zero-order valence-corrected chi connectivity index (χ0v) is 9.71. The zero-order chi connectivity index (χ0) is 10.1. The van der Waals surface area contributed by atoms with E-state index in [2.05, 4.69) is 0 Å². The molecule has 1 aromatic rings. The molecule has 0 saturated heterocycles. The largest absolute Gasteiger partial charge is 0.251 e. The van der Waals surface area contributed by atoms with Crippen molar-refractivity contribution in [1.29, 1.82) is 0 Å². The van der Waals surface area contributed by atoms with Gasteiger partial charge in [-0.2, -0.15) is 0 Å². The van der Waals surface area contributed by atoms with Crippen LogP contribution in [0.1, 0.15) is 12.5 Å². The molecule has 72 valence electrons. The monoisotopic (exact) mass is 236 g/mol. The minimum atomic E-state index is -1.38. The molecule has 0 fully saturated rings. The standard InChI is InChI=1S/C9H10Cl2OS/c1-7-3-5-8(6-4-7)13(12)9(2,10)11/h3-6H,1-2H3/t13-/m0/s1. The number of aryl methyl sites for hydroxylation is 1. The molecule has 0 unspecified atom stereocenters. The van der Waals surface area contributed by atoms with Gasteiger partial charge in [-0.1, -0.05) is 40.9 Å². The molecule has 1 nitrogen and oxygen atoms in total. The van der Waals surface area contributed by atoms with Gasteiger partial charge in [-0.05, 0) is 26.0 Å². The van der Waals surface area contributed by atoms with Crippen molar-refractivity contribution in [2.45, 2.75) is 22.4 Å². The Labute approximate surface area is 90.5 Å². The highest BCUT2D eigenvalue weighted by atomic mass is 35.5. The predicted molar refractivity (Wildman–Crippen MR) is 57.7 cm³/mol. The summed E-state index contributed by atoms with van der Waals surface area (Å²) in [5, 5.41) is 0. The Bertz CT molecular complexity index is 313. The number of benzene rings is 1. The molecular weight excluding hydrogens is 227 g/mol. The van der Waals surface area contributed by atoms with Crippen LogP contribution in [0.25, 0.3) is 0 Å². The number of rotatable bonds is 2. The first kappa shape index (κ1) is 11.0. The summed E-state index contributed by atoms with van der Waals surface area (Å²) >= 11 is 11.4. The van der Waals surface area contributed by atoms with Gasteiger partial charge in [-0.15, -0.1) is 0 Å². The lowest BCUT2D eigenvalue weighted by Crippen LogP contribution is -2.14. The smallest absolute Gasteiger partial charge is 0.193 e. The fraction of sp³-hybridized carbons (Fsp3) is 0.333. The van der Waals surface area contributed by atoms with Crippen LogP contribution < -0.4 is 0 Å². The predicted octanol–water partition coefficient (Wildman–Crippen LogP) is 3.25. The Morgan fingerprint density at radius 2 is 1.69 bits per heavy atom. The normalized spacial score (nSPS) is 14.2. The molecule has 0 N–H and O–H groups in total. The maximum absolute atomic E-state index is 11.6. The van der Waals surface area contributed by atoms with Gasteiger partial charge in [-0.25, -0.2) is 0 Å². The molecule has 4 heteroatoms. The summed E-state index contributed by atoms with van der Waals surface area (Å²) < 4.78 is 10.4. The molecule has 1 rings (SSSR count). The second-order valence-electron chi connectivity index (χ2n) is 2.89. The van der Waals surface area contributed by atoms with E-state index >= 15 is 0 Å². The van der Waals surface area contributed by atoms with Crippen LogP contribution >= 0.6 is 23.2 Å². The molecule has 0 aliphatic carbocycles. The van der Waals surface area contributed by atoms with Gasteiger partial charge in [0.2, 0.25) is 0 Å². The van der Waals surface area contributed by atoms with Crippen molar-refractivity contribution in [2.75, 3.05) is 0 Å². The number of halogens is 2. The summed E-state index contributed by atoms with van der Waals surface area (Å²) in [6, 6.07) is 7.31. The average molecular weight is 237 g/mol. The van der Waals surface area contributed by atoms with Crippen LogP contribution in [-0.2, 0) is 10.8 Å². The quantitative estimate of drug-likeness (QED) is 0.721. The van der Waals surface area contributed by atoms with Crippen LogP contribution in [0, 0.1) is 6.92 Å². The van der Waals surface area contributed by atoms with Crippen LogP contribution in [0.4, 0.5) is 0 Å². The van der Waals surface area contributed by atoms with Gasteiger partial charge in [0.25, 0.3) is 0 Å². The third-order valence-corrected chi connectivity index (χ3v) is 3.75. The van der Waals surface area contributed by atoms with Crippen molar-refractivity contribution in [3.63, 3.8) is 0 Å². The Morgan fingerprint density at radius 3 is 2.08 bits per heavy atom. The maximum Gasteiger partial charge on any atom is 0.193 e. The van der Waals surface area contributed by atoms with Crippen LogP contribution in [0.2, 0.25) is 0 Å². The third kappa shape index (κ3) is 2.97. The van der Waals surface area contributed by atoms with Gasteiger partial charge in [0.1, 0.15) is 0 Å². The van der Waals surface area contributed by atoms with Crippen LogP contribution in [-0.4, -0.2) is 7.87 Å². The first-order chi connectivity index (χ1) is 5.91. The first-order valence-electron chi connectivity index (χ1n) is 3.77. The van der Waals surface area contributed by atoms with E-state index in [-0.39, 0.29) is 0 Å². The fourth-order valence-corrected chi connectivity index (χ4v) is 2.20. The van der Waals surface area contributed by atoms with Crippen molar-refractivity contribution in [2.24, 2.45) is 0 Å². The van der Waals surface area contributed by atoms with Crippen molar-refractivity contribution in [3.05, 3.63) is 29.8 Å². The molecule has 0 aliphatic heterocycles. The van der Waals surface area contributed by atoms with Gasteiger partial charge in [0, 0.05) is 4.90 Å². The Balaban J connectivity index is 2.97. The zero-order valence-electron chi connectivity index (χ0n) is 7.38. The Kier molecular flexibility index (Phi) is 3.38. The van der Waals surface area contributed by atoms with Crippen LogP contribution in [0.15, 0.2) is 29.2 Å². The molecule has 0 aromatic heterocycles. The van der Waals surface area contributed by atoms with Crippen molar-refractivity contribution >= 4 is 34.0 Å². The fourth-order valence-electron chi connectivity index (χ4n) is 0.869. The maximum atomic E-state index is 11.6. The summed E-state index contributed by atoms with van der Waals surface area (Å²) in [6.07, 6.45) is 0. The van der Waals surface area contributed by atoms with E-state index in [0.29, 0.717) is 4.90 Å². The topological polar surface area (TPSA) is 17.1 Å². The third-order valence-electron chi connectivity index (χ3n) is 1.56. The van der Waals surface area contributed by atoms with Gasteiger partial charge >= 0.3 is 0 Å². The van der Waals surface area contributed by atoms with Gasteiger partial charge in [0.15, 0.2) is 3.67 Å². The lowest BCUT2D eigenvalue weighted by molar-refractivity contribution is 0.679. The highest BCUT2D eigenvalue weighted by Crippen LogP contribution is 2.29. The minimum absolute atomic E-state index is 0.651. The van der Waals surface area contributed by atoms with E-state index in [1.54, 1.807) is 12.1 Å². The van der Waals surface area contributed by atoms with E-state index in [9.17, 15) is 4.21 Å². The van der Waals surface area contributed by atoms with Crippen molar-refractivity contribution in [1.82, 2.24) is 0 Å².